The molecule has 3 unspecified atom stereocenters. The molecule has 0 N–H and O–H groups in total. The van der Waals surface area contributed by atoms with Crippen molar-refractivity contribution in [1.29, 1.82) is 0 Å². The Balaban J connectivity index is 1.66. The molecule has 2 aliphatic carbocycles. The quantitative estimate of drug-likeness (QED) is 0.489. The molecular weight excluding hydrogens is 373 g/mol. The van der Waals surface area contributed by atoms with Gasteiger partial charge in [0.25, 0.3) is 5.91 Å². The van der Waals surface area contributed by atoms with Crippen molar-refractivity contribution in [3.63, 3.8) is 0 Å². The molecule has 2 aliphatic rings. The Morgan fingerprint density at radius 3 is 2.54 bits per heavy atom. The largest absolute Gasteiger partial charge is 0.493 e. The second-order valence-corrected chi connectivity index (χ2v) is 8.16. The van der Waals surface area contributed by atoms with Crippen LogP contribution in [0.3, 0.4) is 0 Å². The van der Waals surface area contributed by atoms with Gasteiger partial charge in [0.2, 0.25) is 0 Å². The number of alkyl halides is 2. The van der Waals surface area contributed by atoms with E-state index in [4.69, 9.17) is 32.7 Å². The SMILES string of the molecule is COc1ccc(CCN(CC2CC3C=CC2C3)C(=O)C(Cl)Cl)cc1OC. The Hall–Kier alpha value is -1.39. The molecule has 1 amide bonds. The fourth-order valence-corrected chi connectivity index (χ4v) is 4.39. The number of ether oxygens (including phenoxy) is 2. The number of methoxy groups -OCH3 is 2. The third-order valence-corrected chi connectivity index (χ3v) is 5.86. The summed E-state index contributed by atoms with van der Waals surface area (Å²) >= 11 is 11.8. The average Bonchev–Trinajstić information content (AvgIpc) is 3.27. The van der Waals surface area contributed by atoms with Crippen LogP contribution in [0.25, 0.3) is 0 Å². The van der Waals surface area contributed by atoms with Gasteiger partial charge in [0.15, 0.2) is 16.3 Å². The van der Waals surface area contributed by atoms with Gasteiger partial charge < -0.3 is 14.4 Å². The van der Waals surface area contributed by atoms with E-state index in [9.17, 15) is 4.79 Å². The molecule has 142 valence electrons. The minimum Gasteiger partial charge on any atom is -0.493 e. The molecule has 26 heavy (non-hydrogen) atoms. The van der Waals surface area contributed by atoms with Gasteiger partial charge in [-0.2, -0.15) is 0 Å². The Labute approximate surface area is 165 Å². The van der Waals surface area contributed by atoms with E-state index in [1.165, 1.54) is 6.42 Å². The van der Waals surface area contributed by atoms with E-state index in [1.54, 1.807) is 14.2 Å². The second-order valence-electron chi connectivity index (χ2n) is 7.06. The highest BCUT2D eigenvalue weighted by molar-refractivity contribution is 6.53. The molecule has 1 fully saturated rings. The van der Waals surface area contributed by atoms with Gasteiger partial charge in [-0.05, 0) is 54.7 Å². The molecule has 0 aliphatic heterocycles. The van der Waals surface area contributed by atoms with Crippen LogP contribution in [0.4, 0.5) is 0 Å². The number of hydrogen-bond donors (Lipinski definition) is 0. The van der Waals surface area contributed by atoms with Crippen molar-refractivity contribution in [3.05, 3.63) is 35.9 Å². The maximum Gasteiger partial charge on any atom is 0.255 e. The Morgan fingerprint density at radius 2 is 1.96 bits per heavy atom. The van der Waals surface area contributed by atoms with Gasteiger partial charge >= 0.3 is 0 Å². The van der Waals surface area contributed by atoms with Crippen molar-refractivity contribution in [2.24, 2.45) is 17.8 Å². The first-order chi connectivity index (χ1) is 12.5. The lowest BCUT2D eigenvalue weighted by atomic mass is 9.93. The number of carbonyl (C=O) groups is 1. The summed E-state index contributed by atoms with van der Waals surface area (Å²) in [6.45, 7) is 1.30. The number of fused-ring (bicyclic) bond motifs is 2. The summed E-state index contributed by atoms with van der Waals surface area (Å²) in [5.41, 5.74) is 1.08. The summed E-state index contributed by atoms with van der Waals surface area (Å²) in [4.78, 5) is 13.3. The minimum absolute atomic E-state index is 0.208. The van der Waals surface area contributed by atoms with Crippen LogP contribution in [0.15, 0.2) is 30.4 Å². The predicted molar refractivity (Wildman–Crippen MR) is 104 cm³/mol. The molecule has 0 aromatic heterocycles. The maximum atomic E-state index is 12.5. The predicted octanol–water partition coefficient (Wildman–Crippen LogP) is 4.09. The number of carbonyl (C=O) groups excluding carboxylic acids is 1. The molecule has 4 nitrogen and oxygen atoms in total. The van der Waals surface area contributed by atoms with E-state index in [0.29, 0.717) is 48.8 Å². The first-order valence-corrected chi connectivity index (χ1v) is 9.85. The lowest BCUT2D eigenvalue weighted by molar-refractivity contribution is -0.130. The molecule has 0 radical (unpaired) electrons. The lowest BCUT2D eigenvalue weighted by Gasteiger charge is -2.29. The van der Waals surface area contributed by atoms with Gasteiger partial charge in [-0.3, -0.25) is 4.79 Å². The van der Waals surface area contributed by atoms with Crippen LogP contribution in [0.5, 0.6) is 11.5 Å². The third-order valence-electron chi connectivity index (χ3n) is 5.49. The number of nitrogens with zero attached hydrogens (tertiary/aromatic N) is 1. The number of hydrogen-bond acceptors (Lipinski definition) is 3. The van der Waals surface area contributed by atoms with Crippen molar-refractivity contribution in [3.8, 4) is 11.5 Å². The number of amides is 1. The Kier molecular flexibility index (Phi) is 6.36. The molecule has 2 bridgehead atoms. The lowest BCUT2D eigenvalue weighted by Crippen LogP contribution is -2.40. The molecule has 3 rings (SSSR count). The maximum absolute atomic E-state index is 12.5. The molecule has 1 saturated carbocycles. The van der Waals surface area contributed by atoms with E-state index in [1.807, 2.05) is 23.1 Å². The zero-order chi connectivity index (χ0) is 18.7. The van der Waals surface area contributed by atoms with Crippen molar-refractivity contribution in [2.75, 3.05) is 27.3 Å². The van der Waals surface area contributed by atoms with Crippen molar-refractivity contribution >= 4 is 29.1 Å². The van der Waals surface area contributed by atoms with Gasteiger partial charge in [0, 0.05) is 13.1 Å². The topological polar surface area (TPSA) is 38.8 Å². The van der Waals surface area contributed by atoms with Crippen LogP contribution in [0.1, 0.15) is 18.4 Å². The van der Waals surface area contributed by atoms with Gasteiger partial charge in [-0.15, -0.1) is 0 Å². The van der Waals surface area contributed by atoms with E-state index in [2.05, 4.69) is 12.2 Å². The molecule has 1 aromatic carbocycles. The van der Waals surface area contributed by atoms with Gasteiger partial charge in [0.05, 0.1) is 14.2 Å². The average molecular weight is 398 g/mol. The fraction of sp³-hybridized carbons (Fsp3) is 0.550. The van der Waals surface area contributed by atoms with Crippen molar-refractivity contribution < 1.29 is 14.3 Å². The monoisotopic (exact) mass is 397 g/mol. The van der Waals surface area contributed by atoms with E-state index >= 15 is 0 Å². The van der Waals surface area contributed by atoms with Crippen molar-refractivity contribution in [1.82, 2.24) is 4.90 Å². The first kappa shape index (κ1) is 19.4. The Morgan fingerprint density at radius 1 is 1.19 bits per heavy atom. The number of halogens is 2. The molecular formula is C20H25Cl2NO3. The minimum atomic E-state index is -1.02. The molecule has 6 heteroatoms. The van der Waals surface area contributed by atoms with Crippen LogP contribution in [-0.2, 0) is 11.2 Å². The molecule has 1 aromatic rings. The summed E-state index contributed by atoms with van der Waals surface area (Å²) in [7, 11) is 3.23. The Bertz CT molecular complexity index is 677. The normalized spacial score (nSPS) is 23.5. The summed E-state index contributed by atoms with van der Waals surface area (Å²) in [6, 6.07) is 5.82. The van der Waals surface area contributed by atoms with Crippen LogP contribution in [0, 0.1) is 17.8 Å². The van der Waals surface area contributed by atoms with Crippen LogP contribution in [0.2, 0.25) is 0 Å². The molecule has 3 atom stereocenters. The molecule has 0 heterocycles. The third kappa shape index (κ3) is 4.29. The zero-order valence-electron chi connectivity index (χ0n) is 15.2. The van der Waals surface area contributed by atoms with Crippen LogP contribution >= 0.6 is 23.2 Å². The van der Waals surface area contributed by atoms with E-state index < -0.39 is 4.84 Å². The van der Waals surface area contributed by atoms with E-state index in [-0.39, 0.29) is 5.91 Å². The van der Waals surface area contributed by atoms with Crippen molar-refractivity contribution in [2.45, 2.75) is 24.1 Å². The standard InChI is InChI=1S/C20H25Cl2NO3/c1-25-17-6-4-13(11-18(17)26-2)7-8-23(20(24)19(21)22)12-16-10-14-3-5-15(16)9-14/h3-6,11,14-16,19H,7-10,12H2,1-2H3. The number of benzene rings is 1. The smallest absolute Gasteiger partial charge is 0.255 e. The second kappa shape index (κ2) is 8.53. The van der Waals surface area contributed by atoms with Crippen LogP contribution < -0.4 is 9.47 Å². The summed E-state index contributed by atoms with van der Waals surface area (Å²) < 4.78 is 10.6. The van der Waals surface area contributed by atoms with Gasteiger partial charge in [-0.1, -0.05) is 41.4 Å². The molecule has 0 spiro atoms. The van der Waals surface area contributed by atoms with Crippen LogP contribution in [-0.4, -0.2) is 43.0 Å². The number of allylic oxidation sites excluding steroid dienone is 2. The summed E-state index contributed by atoms with van der Waals surface area (Å²) in [6.07, 6.45) is 7.69. The van der Waals surface area contributed by atoms with Gasteiger partial charge in [0.1, 0.15) is 0 Å². The summed E-state index contributed by atoms with van der Waals surface area (Å²) in [5, 5.41) is 0. The fourth-order valence-electron chi connectivity index (χ4n) is 4.12. The first-order valence-electron chi connectivity index (χ1n) is 8.98. The zero-order valence-corrected chi connectivity index (χ0v) is 16.7. The highest BCUT2D eigenvalue weighted by Crippen LogP contribution is 2.43. The highest BCUT2D eigenvalue weighted by atomic mass is 35.5. The van der Waals surface area contributed by atoms with E-state index in [0.717, 1.165) is 12.0 Å². The summed E-state index contributed by atoms with van der Waals surface area (Å²) in [5.74, 6) is 2.94. The molecule has 0 saturated heterocycles. The number of rotatable bonds is 8. The highest BCUT2D eigenvalue weighted by Gasteiger charge is 2.37. The van der Waals surface area contributed by atoms with Gasteiger partial charge in [-0.25, -0.2) is 0 Å².